The van der Waals surface area contributed by atoms with Gasteiger partial charge in [-0.1, -0.05) is 0 Å². The summed E-state index contributed by atoms with van der Waals surface area (Å²) in [5.74, 6) is 0.185. The summed E-state index contributed by atoms with van der Waals surface area (Å²) in [4.78, 5) is 6.15. The Morgan fingerprint density at radius 3 is 2.76 bits per heavy atom. The molecular formula is C12H21N3O2. The predicted octanol–water partition coefficient (Wildman–Crippen LogP) is 0.108. The van der Waals surface area contributed by atoms with E-state index in [9.17, 15) is 10.2 Å². The molecular weight excluding hydrogens is 218 g/mol. The number of aromatic nitrogens is 1. The van der Waals surface area contributed by atoms with E-state index in [-0.39, 0.29) is 5.75 Å². The van der Waals surface area contributed by atoms with Crippen LogP contribution in [0.3, 0.4) is 0 Å². The van der Waals surface area contributed by atoms with Crippen molar-refractivity contribution in [1.29, 1.82) is 0 Å². The Morgan fingerprint density at radius 1 is 1.41 bits per heavy atom. The third-order valence-corrected chi connectivity index (χ3v) is 2.34. The molecule has 0 aliphatic rings. The summed E-state index contributed by atoms with van der Waals surface area (Å²) in [6.07, 6.45) is -0.419. The van der Waals surface area contributed by atoms with Gasteiger partial charge in [-0.25, -0.2) is 0 Å². The van der Waals surface area contributed by atoms with E-state index in [0.717, 1.165) is 5.69 Å². The van der Waals surface area contributed by atoms with Crippen molar-refractivity contribution in [3.8, 4) is 5.75 Å². The summed E-state index contributed by atoms with van der Waals surface area (Å²) in [6, 6.07) is 3.40. The predicted molar refractivity (Wildman–Crippen MR) is 66.9 cm³/mol. The van der Waals surface area contributed by atoms with E-state index in [1.54, 1.807) is 12.1 Å². The first-order valence-electron chi connectivity index (χ1n) is 5.68. The zero-order valence-corrected chi connectivity index (χ0v) is 10.6. The zero-order valence-electron chi connectivity index (χ0n) is 10.6. The van der Waals surface area contributed by atoms with Crippen LogP contribution in [0.4, 0.5) is 0 Å². The topological polar surface area (TPSA) is 68.6 Å². The van der Waals surface area contributed by atoms with E-state index in [1.165, 1.54) is 0 Å². The summed E-state index contributed by atoms with van der Waals surface area (Å²) in [5.41, 5.74) is 1.48. The molecule has 17 heavy (non-hydrogen) atoms. The molecule has 1 heterocycles. The molecule has 0 fully saturated rings. The van der Waals surface area contributed by atoms with Crippen LogP contribution in [0.5, 0.6) is 5.75 Å². The molecule has 0 radical (unpaired) electrons. The number of aromatic hydroxyl groups is 1. The fraction of sp³-hybridized carbons (Fsp3) is 0.583. The maximum atomic E-state index is 9.63. The van der Waals surface area contributed by atoms with Crippen molar-refractivity contribution in [3.05, 3.63) is 23.5 Å². The van der Waals surface area contributed by atoms with E-state index < -0.39 is 6.10 Å². The van der Waals surface area contributed by atoms with Gasteiger partial charge in [-0.3, -0.25) is 4.98 Å². The van der Waals surface area contributed by atoms with Crippen LogP contribution in [0.2, 0.25) is 0 Å². The van der Waals surface area contributed by atoms with Gasteiger partial charge in [0.15, 0.2) is 0 Å². The van der Waals surface area contributed by atoms with E-state index in [2.05, 4.69) is 10.3 Å². The number of rotatable bonds is 6. The highest BCUT2D eigenvalue weighted by atomic mass is 16.3. The quantitative estimate of drug-likeness (QED) is 0.657. The highest BCUT2D eigenvalue weighted by Crippen LogP contribution is 2.13. The van der Waals surface area contributed by atoms with Crippen LogP contribution >= 0.6 is 0 Å². The number of aryl methyl sites for hydroxylation is 1. The van der Waals surface area contributed by atoms with Gasteiger partial charge >= 0.3 is 0 Å². The minimum Gasteiger partial charge on any atom is -0.506 e. The molecule has 5 heteroatoms. The van der Waals surface area contributed by atoms with Gasteiger partial charge in [0.05, 0.1) is 11.8 Å². The van der Waals surface area contributed by atoms with Crippen molar-refractivity contribution < 1.29 is 10.2 Å². The summed E-state index contributed by atoms with van der Waals surface area (Å²) in [5, 5.41) is 22.3. The van der Waals surface area contributed by atoms with Crippen molar-refractivity contribution >= 4 is 0 Å². The highest BCUT2D eigenvalue weighted by Gasteiger charge is 2.07. The van der Waals surface area contributed by atoms with Crippen LogP contribution in [0.25, 0.3) is 0 Å². The summed E-state index contributed by atoms with van der Waals surface area (Å²) < 4.78 is 0. The number of nitrogens with zero attached hydrogens (tertiary/aromatic N) is 2. The number of likely N-dealkylation sites (N-methyl/N-ethyl adjacent to an activating group) is 1. The van der Waals surface area contributed by atoms with Gasteiger partial charge < -0.3 is 20.4 Å². The summed E-state index contributed by atoms with van der Waals surface area (Å²) in [6.45, 7) is 3.43. The van der Waals surface area contributed by atoms with Gasteiger partial charge in [-0.15, -0.1) is 0 Å². The first-order valence-corrected chi connectivity index (χ1v) is 5.68. The Bertz CT molecular complexity index is 356. The van der Waals surface area contributed by atoms with Crippen LogP contribution in [0.1, 0.15) is 11.4 Å². The zero-order chi connectivity index (χ0) is 12.8. The van der Waals surface area contributed by atoms with Crippen LogP contribution in [-0.4, -0.2) is 53.4 Å². The average Bonchev–Trinajstić information content (AvgIpc) is 2.22. The number of aliphatic hydroxyl groups is 1. The number of hydrogen-bond donors (Lipinski definition) is 3. The van der Waals surface area contributed by atoms with Gasteiger partial charge in [-0.05, 0) is 33.2 Å². The SMILES string of the molecule is Cc1ccc(O)c(CNCC(O)CN(C)C)n1. The third-order valence-electron chi connectivity index (χ3n) is 2.34. The molecule has 1 atom stereocenters. The number of nitrogens with one attached hydrogen (secondary N) is 1. The van der Waals surface area contributed by atoms with E-state index in [0.29, 0.717) is 25.3 Å². The fourth-order valence-corrected chi connectivity index (χ4v) is 1.58. The first kappa shape index (κ1) is 13.9. The average molecular weight is 239 g/mol. The van der Waals surface area contributed by atoms with Gasteiger partial charge in [0.25, 0.3) is 0 Å². The number of aliphatic hydroxyl groups excluding tert-OH is 1. The molecule has 1 rings (SSSR count). The lowest BCUT2D eigenvalue weighted by Gasteiger charge is -2.16. The molecule has 1 aromatic heterocycles. The number of hydrogen-bond acceptors (Lipinski definition) is 5. The van der Waals surface area contributed by atoms with Crippen LogP contribution < -0.4 is 5.32 Å². The Balaban J connectivity index is 2.38. The Kier molecular flexibility index (Phi) is 5.34. The smallest absolute Gasteiger partial charge is 0.138 e. The maximum Gasteiger partial charge on any atom is 0.138 e. The Hall–Kier alpha value is -1.17. The molecule has 0 aliphatic carbocycles. The van der Waals surface area contributed by atoms with Gasteiger partial charge in [0.2, 0.25) is 0 Å². The van der Waals surface area contributed by atoms with Gasteiger partial charge in [0, 0.05) is 25.3 Å². The highest BCUT2D eigenvalue weighted by molar-refractivity contribution is 5.27. The molecule has 1 unspecified atom stereocenters. The normalized spacial score (nSPS) is 13.0. The molecule has 0 aromatic carbocycles. The van der Waals surface area contributed by atoms with Crippen molar-refractivity contribution in [3.63, 3.8) is 0 Å². The largest absolute Gasteiger partial charge is 0.506 e. The standard InChI is InChI=1S/C12H21N3O2/c1-9-4-5-12(17)11(14-9)7-13-6-10(16)8-15(2)3/h4-5,10,13,16-17H,6-8H2,1-3H3. The van der Waals surface area contributed by atoms with E-state index in [4.69, 9.17) is 0 Å². The Morgan fingerprint density at radius 2 is 2.12 bits per heavy atom. The molecule has 0 spiro atoms. The molecule has 0 aliphatic heterocycles. The summed E-state index contributed by atoms with van der Waals surface area (Å²) in [7, 11) is 3.83. The maximum absolute atomic E-state index is 9.63. The van der Waals surface area contributed by atoms with Crippen LogP contribution in [0, 0.1) is 6.92 Å². The lowest BCUT2D eigenvalue weighted by Crippen LogP contribution is -2.34. The van der Waals surface area contributed by atoms with E-state index in [1.807, 2.05) is 25.9 Å². The lowest BCUT2D eigenvalue weighted by molar-refractivity contribution is 0.134. The van der Waals surface area contributed by atoms with Crippen molar-refractivity contribution in [2.45, 2.75) is 19.6 Å². The van der Waals surface area contributed by atoms with Crippen LogP contribution in [-0.2, 0) is 6.54 Å². The summed E-state index contributed by atoms with van der Waals surface area (Å²) >= 11 is 0. The first-order chi connectivity index (χ1) is 7.99. The molecule has 1 aromatic rings. The fourth-order valence-electron chi connectivity index (χ4n) is 1.58. The molecule has 0 saturated carbocycles. The molecule has 0 amide bonds. The molecule has 96 valence electrons. The minimum absolute atomic E-state index is 0.185. The van der Waals surface area contributed by atoms with Crippen molar-refractivity contribution in [2.75, 3.05) is 27.2 Å². The lowest BCUT2D eigenvalue weighted by atomic mass is 10.2. The van der Waals surface area contributed by atoms with Crippen LogP contribution in [0.15, 0.2) is 12.1 Å². The Labute approximate surface area is 102 Å². The second-order valence-corrected chi connectivity index (χ2v) is 4.47. The van der Waals surface area contributed by atoms with Crippen molar-refractivity contribution in [1.82, 2.24) is 15.2 Å². The van der Waals surface area contributed by atoms with E-state index >= 15 is 0 Å². The second-order valence-electron chi connectivity index (χ2n) is 4.47. The second kappa shape index (κ2) is 6.54. The van der Waals surface area contributed by atoms with Crippen molar-refractivity contribution in [2.24, 2.45) is 0 Å². The minimum atomic E-state index is -0.419. The monoisotopic (exact) mass is 239 g/mol. The number of pyridine rings is 1. The van der Waals surface area contributed by atoms with Gasteiger partial charge in [0.1, 0.15) is 5.75 Å². The molecule has 0 bridgehead atoms. The van der Waals surface area contributed by atoms with Gasteiger partial charge in [-0.2, -0.15) is 0 Å². The molecule has 0 saturated heterocycles. The third kappa shape index (κ3) is 5.12. The molecule has 3 N–H and O–H groups in total. The molecule has 5 nitrogen and oxygen atoms in total.